The van der Waals surface area contributed by atoms with Crippen LogP contribution in [0.15, 0.2) is 66.7 Å². The molecule has 0 radical (unpaired) electrons. The zero-order valence-corrected chi connectivity index (χ0v) is 19.0. The summed E-state index contributed by atoms with van der Waals surface area (Å²) < 4.78 is 16.2. The van der Waals surface area contributed by atoms with E-state index in [1.54, 1.807) is 49.6 Å². The third kappa shape index (κ3) is 5.92. The van der Waals surface area contributed by atoms with E-state index in [1.165, 1.54) is 20.3 Å². The first-order valence-electron chi connectivity index (χ1n) is 10.2. The van der Waals surface area contributed by atoms with Gasteiger partial charge in [-0.1, -0.05) is 29.8 Å². The lowest BCUT2D eigenvalue weighted by Gasteiger charge is -2.16. The van der Waals surface area contributed by atoms with Crippen molar-refractivity contribution in [2.45, 2.75) is 6.92 Å². The molecule has 0 saturated carbocycles. The molecular weight excluding hydrogens is 420 g/mol. The van der Waals surface area contributed by atoms with Crippen LogP contribution in [0.4, 0.5) is 11.4 Å². The van der Waals surface area contributed by atoms with Gasteiger partial charge >= 0.3 is 0 Å². The van der Waals surface area contributed by atoms with Crippen LogP contribution in [0.3, 0.4) is 0 Å². The number of methoxy groups -OCH3 is 3. The largest absolute Gasteiger partial charge is 0.496 e. The Hall–Kier alpha value is -4.26. The summed E-state index contributed by atoms with van der Waals surface area (Å²) in [6.07, 6.45) is 3.09. The summed E-state index contributed by atoms with van der Waals surface area (Å²) in [4.78, 5) is 25.1. The molecule has 0 aliphatic rings. The molecule has 0 aliphatic carbocycles. The topological polar surface area (TPSA) is 85.9 Å². The van der Waals surface area contributed by atoms with Gasteiger partial charge in [0.2, 0.25) is 5.91 Å². The minimum absolute atomic E-state index is 0.289. The summed E-state index contributed by atoms with van der Waals surface area (Å²) in [5.74, 6) is 0.763. The van der Waals surface area contributed by atoms with E-state index in [9.17, 15) is 9.59 Å². The zero-order valence-electron chi connectivity index (χ0n) is 19.0. The Kier molecular flexibility index (Phi) is 7.70. The number of anilines is 2. The lowest BCUT2D eigenvalue weighted by molar-refractivity contribution is -0.111. The maximum atomic E-state index is 12.6. The third-order valence-electron chi connectivity index (χ3n) is 4.86. The second-order valence-corrected chi connectivity index (χ2v) is 7.14. The first-order valence-corrected chi connectivity index (χ1v) is 10.2. The van der Waals surface area contributed by atoms with Gasteiger partial charge in [0.1, 0.15) is 17.2 Å². The number of amides is 2. The lowest BCUT2D eigenvalue weighted by Crippen LogP contribution is -2.14. The molecule has 0 saturated heterocycles. The smallest absolute Gasteiger partial charge is 0.255 e. The van der Waals surface area contributed by atoms with Gasteiger partial charge in [-0.25, -0.2) is 0 Å². The Morgan fingerprint density at radius 1 is 0.758 bits per heavy atom. The minimum atomic E-state index is -0.361. The van der Waals surface area contributed by atoms with Gasteiger partial charge in [-0.3, -0.25) is 9.59 Å². The molecule has 2 amide bonds. The highest BCUT2D eigenvalue weighted by Crippen LogP contribution is 2.36. The first-order chi connectivity index (χ1) is 15.9. The van der Waals surface area contributed by atoms with E-state index >= 15 is 0 Å². The number of nitrogens with one attached hydrogen (secondary N) is 2. The Labute approximate surface area is 193 Å². The average molecular weight is 447 g/mol. The van der Waals surface area contributed by atoms with Crippen molar-refractivity contribution >= 4 is 29.3 Å². The fourth-order valence-electron chi connectivity index (χ4n) is 3.20. The molecule has 3 aromatic rings. The molecule has 33 heavy (non-hydrogen) atoms. The Bertz CT molecular complexity index is 1170. The third-order valence-corrected chi connectivity index (χ3v) is 4.86. The van der Waals surface area contributed by atoms with Crippen molar-refractivity contribution < 1.29 is 23.8 Å². The van der Waals surface area contributed by atoms with Crippen LogP contribution >= 0.6 is 0 Å². The molecule has 0 atom stereocenters. The van der Waals surface area contributed by atoms with Gasteiger partial charge in [0.05, 0.1) is 32.7 Å². The molecule has 7 nitrogen and oxygen atoms in total. The molecule has 3 aromatic carbocycles. The van der Waals surface area contributed by atoms with Crippen LogP contribution in [0.1, 0.15) is 21.5 Å². The Morgan fingerprint density at radius 2 is 1.36 bits per heavy atom. The standard InChI is InChI=1S/C26H26N2O5/c1-17-10-12-22(31-2)19(14-17)11-13-25(29)27-20-15-24(33-4)21(16-23(20)32-3)28-26(30)18-8-6-5-7-9-18/h5-16H,1-4H3,(H,27,29)(H,28,30)/b13-11+. The van der Waals surface area contributed by atoms with Crippen LogP contribution in [0, 0.1) is 6.92 Å². The second kappa shape index (κ2) is 10.9. The molecule has 170 valence electrons. The molecule has 0 aliphatic heterocycles. The van der Waals surface area contributed by atoms with Crippen molar-refractivity contribution in [3.8, 4) is 17.2 Å². The number of benzene rings is 3. The number of hydrogen-bond donors (Lipinski definition) is 2. The van der Waals surface area contributed by atoms with Gasteiger partial charge < -0.3 is 24.8 Å². The van der Waals surface area contributed by atoms with E-state index in [-0.39, 0.29) is 11.8 Å². The monoisotopic (exact) mass is 446 g/mol. The van der Waals surface area contributed by atoms with Crippen molar-refractivity contribution in [1.82, 2.24) is 0 Å². The first kappa shape index (κ1) is 23.4. The van der Waals surface area contributed by atoms with Crippen LogP contribution < -0.4 is 24.8 Å². The lowest BCUT2D eigenvalue weighted by atomic mass is 10.1. The van der Waals surface area contributed by atoms with Crippen molar-refractivity contribution in [2.24, 2.45) is 0 Å². The van der Waals surface area contributed by atoms with Crippen molar-refractivity contribution in [3.05, 3.63) is 83.4 Å². The van der Waals surface area contributed by atoms with Crippen molar-refractivity contribution in [1.29, 1.82) is 0 Å². The van der Waals surface area contributed by atoms with E-state index in [0.29, 0.717) is 34.2 Å². The van der Waals surface area contributed by atoms with Gasteiger partial charge in [-0.15, -0.1) is 0 Å². The van der Waals surface area contributed by atoms with Crippen LogP contribution in [0.25, 0.3) is 6.08 Å². The second-order valence-electron chi connectivity index (χ2n) is 7.14. The normalized spacial score (nSPS) is 10.5. The maximum absolute atomic E-state index is 12.6. The molecule has 0 spiro atoms. The minimum Gasteiger partial charge on any atom is -0.496 e. The fraction of sp³-hybridized carbons (Fsp3) is 0.154. The summed E-state index contributed by atoms with van der Waals surface area (Å²) in [7, 11) is 4.54. The Balaban J connectivity index is 1.81. The van der Waals surface area contributed by atoms with E-state index in [1.807, 2.05) is 31.2 Å². The number of rotatable bonds is 8. The molecule has 0 bridgehead atoms. The summed E-state index contributed by atoms with van der Waals surface area (Å²) in [5, 5.41) is 5.60. The van der Waals surface area contributed by atoms with Crippen molar-refractivity contribution in [2.75, 3.05) is 32.0 Å². The van der Waals surface area contributed by atoms with Gasteiger partial charge in [-0.05, 0) is 37.3 Å². The van der Waals surface area contributed by atoms with Gasteiger partial charge in [-0.2, -0.15) is 0 Å². The molecule has 7 heteroatoms. The summed E-state index contributed by atoms with van der Waals surface area (Å²) >= 11 is 0. The highest BCUT2D eigenvalue weighted by Gasteiger charge is 2.15. The molecule has 0 aromatic heterocycles. The van der Waals surface area contributed by atoms with E-state index < -0.39 is 0 Å². The molecule has 0 unspecified atom stereocenters. The quantitative estimate of drug-likeness (QED) is 0.480. The zero-order chi connectivity index (χ0) is 23.8. The number of carbonyl (C=O) groups excluding carboxylic acids is 2. The molecular formula is C26H26N2O5. The van der Waals surface area contributed by atoms with Crippen LogP contribution in [-0.4, -0.2) is 33.1 Å². The highest BCUT2D eigenvalue weighted by atomic mass is 16.5. The molecule has 0 fully saturated rings. The average Bonchev–Trinajstić information content (AvgIpc) is 2.83. The van der Waals surface area contributed by atoms with E-state index in [2.05, 4.69) is 10.6 Å². The summed E-state index contributed by atoms with van der Waals surface area (Å²) in [6.45, 7) is 1.96. The van der Waals surface area contributed by atoms with Crippen LogP contribution in [-0.2, 0) is 4.79 Å². The maximum Gasteiger partial charge on any atom is 0.255 e. The number of ether oxygens (including phenoxy) is 3. The summed E-state index contributed by atoms with van der Waals surface area (Å²) in [5.41, 5.74) is 3.17. The predicted molar refractivity (Wildman–Crippen MR) is 129 cm³/mol. The SMILES string of the molecule is COc1ccc(C)cc1/C=C/C(=O)Nc1cc(OC)c(NC(=O)c2ccccc2)cc1OC. The highest BCUT2D eigenvalue weighted by molar-refractivity contribution is 6.06. The molecule has 3 rings (SSSR count). The molecule has 2 N–H and O–H groups in total. The van der Waals surface area contributed by atoms with Crippen LogP contribution in [0.5, 0.6) is 17.2 Å². The number of aryl methyl sites for hydroxylation is 1. The predicted octanol–water partition coefficient (Wildman–Crippen LogP) is 4.93. The van der Waals surface area contributed by atoms with Crippen molar-refractivity contribution in [3.63, 3.8) is 0 Å². The number of hydrogen-bond acceptors (Lipinski definition) is 5. The molecule has 0 heterocycles. The van der Waals surface area contributed by atoms with E-state index in [4.69, 9.17) is 14.2 Å². The fourth-order valence-corrected chi connectivity index (χ4v) is 3.20. The summed E-state index contributed by atoms with van der Waals surface area (Å²) in [6, 6.07) is 17.7. The van der Waals surface area contributed by atoms with E-state index in [0.717, 1.165) is 11.1 Å². The van der Waals surface area contributed by atoms with Gasteiger partial charge in [0.25, 0.3) is 5.91 Å². The number of carbonyl (C=O) groups is 2. The van der Waals surface area contributed by atoms with Gasteiger partial charge in [0.15, 0.2) is 0 Å². The van der Waals surface area contributed by atoms with Gasteiger partial charge in [0, 0.05) is 29.3 Å². The van der Waals surface area contributed by atoms with Crippen LogP contribution in [0.2, 0.25) is 0 Å². The Morgan fingerprint density at radius 3 is 1.97 bits per heavy atom.